The zero-order valence-electron chi connectivity index (χ0n) is 6.30. The second-order valence-electron chi connectivity index (χ2n) is 3.10. The van der Waals surface area contributed by atoms with E-state index in [0.717, 1.165) is 0 Å². The van der Waals surface area contributed by atoms with E-state index in [9.17, 15) is 0 Å². The molecule has 0 aliphatic heterocycles. The molecular weight excluding hydrogens is 222 g/mol. The van der Waals surface area contributed by atoms with Gasteiger partial charge in [-0.1, -0.05) is 0 Å². The topological polar surface area (TPSA) is 26.0 Å². The van der Waals surface area contributed by atoms with Gasteiger partial charge in [0.2, 0.25) is 0 Å². The summed E-state index contributed by atoms with van der Waals surface area (Å²) in [6.45, 7) is 2.12. The van der Waals surface area contributed by atoms with E-state index in [2.05, 4.69) is 28.2 Å². The van der Waals surface area contributed by atoms with Gasteiger partial charge in [-0.15, -0.1) is 11.3 Å². The number of hydrogen-bond donors (Lipinski definition) is 1. The van der Waals surface area contributed by atoms with Crippen molar-refractivity contribution in [1.29, 1.82) is 0 Å². The lowest BCUT2D eigenvalue weighted by atomic mass is 10.3. The second-order valence-corrected chi connectivity index (χ2v) is 4.81. The van der Waals surface area contributed by atoms with Gasteiger partial charge in [0, 0.05) is 21.3 Å². The van der Waals surface area contributed by atoms with Crippen LogP contribution < -0.4 is 5.73 Å². The highest BCUT2D eigenvalue weighted by molar-refractivity contribution is 9.10. The molecule has 0 radical (unpaired) electrons. The first-order chi connectivity index (χ1) is 5.20. The van der Waals surface area contributed by atoms with Crippen LogP contribution in [0, 0.1) is 6.92 Å². The Balaban J connectivity index is 2.31. The van der Waals surface area contributed by atoms with E-state index in [-0.39, 0.29) is 0 Å². The number of hydrogen-bond acceptors (Lipinski definition) is 2. The molecule has 1 aromatic heterocycles. The summed E-state index contributed by atoms with van der Waals surface area (Å²) in [5.74, 6) is 0.642. The fraction of sp³-hybridized carbons (Fsp3) is 0.500. The van der Waals surface area contributed by atoms with Crippen molar-refractivity contribution in [3.63, 3.8) is 0 Å². The molecule has 0 saturated heterocycles. The van der Waals surface area contributed by atoms with Crippen LogP contribution in [0.1, 0.15) is 22.8 Å². The Bertz CT molecular complexity index is 282. The van der Waals surface area contributed by atoms with Crippen LogP contribution in [0.25, 0.3) is 0 Å². The molecule has 1 heterocycles. The van der Waals surface area contributed by atoms with Crippen molar-refractivity contribution in [2.75, 3.05) is 0 Å². The van der Waals surface area contributed by atoms with E-state index in [1.807, 2.05) is 11.3 Å². The van der Waals surface area contributed by atoms with Crippen LogP contribution in [-0.2, 0) is 0 Å². The van der Waals surface area contributed by atoms with Gasteiger partial charge in [-0.05, 0) is 40.2 Å². The molecule has 0 spiro atoms. The van der Waals surface area contributed by atoms with Crippen LogP contribution in [0.15, 0.2) is 9.85 Å². The minimum absolute atomic E-state index is 0.421. The molecule has 1 nitrogen and oxygen atoms in total. The Morgan fingerprint density at radius 3 is 2.73 bits per heavy atom. The van der Waals surface area contributed by atoms with Crippen LogP contribution in [0.3, 0.4) is 0 Å². The summed E-state index contributed by atoms with van der Waals surface area (Å²) in [5, 5.41) is 2.18. The number of halogens is 1. The lowest BCUT2D eigenvalue weighted by Crippen LogP contribution is -2.00. The third kappa shape index (κ3) is 1.25. The Morgan fingerprint density at radius 2 is 2.36 bits per heavy atom. The summed E-state index contributed by atoms with van der Waals surface area (Å²) >= 11 is 5.40. The van der Waals surface area contributed by atoms with Gasteiger partial charge in [0.25, 0.3) is 0 Å². The monoisotopic (exact) mass is 231 g/mol. The number of aryl methyl sites for hydroxylation is 1. The van der Waals surface area contributed by atoms with Crippen LogP contribution in [0.5, 0.6) is 0 Å². The molecule has 2 unspecified atom stereocenters. The molecule has 2 rings (SSSR count). The molecule has 60 valence electrons. The Morgan fingerprint density at radius 1 is 1.73 bits per heavy atom. The van der Waals surface area contributed by atoms with Gasteiger partial charge >= 0.3 is 0 Å². The van der Waals surface area contributed by atoms with Gasteiger partial charge in [0.1, 0.15) is 0 Å². The summed E-state index contributed by atoms with van der Waals surface area (Å²) < 4.78 is 1.28. The molecule has 1 fully saturated rings. The van der Waals surface area contributed by atoms with Crippen LogP contribution >= 0.6 is 27.3 Å². The van der Waals surface area contributed by atoms with Crippen molar-refractivity contribution < 1.29 is 0 Å². The van der Waals surface area contributed by atoms with Crippen molar-refractivity contribution in [3.8, 4) is 0 Å². The van der Waals surface area contributed by atoms with Crippen molar-refractivity contribution in [1.82, 2.24) is 0 Å². The van der Waals surface area contributed by atoms with Crippen LogP contribution in [0.2, 0.25) is 0 Å². The quantitative estimate of drug-likeness (QED) is 0.791. The molecule has 2 N–H and O–H groups in total. The Hall–Kier alpha value is 0.140. The van der Waals surface area contributed by atoms with E-state index in [0.29, 0.717) is 12.0 Å². The van der Waals surface area contributed by atoms with Crippen molar-refractivity contribution in [2.45, 2.75) is 25.3 Å². The number of rotatable bonds is 1. The molecule has 1 aliphatic rings. The molecule has 1 aromatic rings. The summed E-state index contributed by atoms with van der Waals surface area (Å²) in [4.78, 5) is 1.44. The van der Waals surface area contributed by atoms with E-state index in [1.54, 1.807) is 0 Å². The SMILES string of the molecule is Cc1csc(C2CC2N)c1Br. The average molecular weight is 232 g/mol. The summed E-state index contributed by atoms with van der Waals surface area (Å²) in [5.41, 5.74) is 7.10. The fourth-order valence-electron chi connectivity index (χ4n) is 1.22. The van der Waals surface area contributed by atoms with Gasteiger partial charge in [-0.3, -0.25) is 0 Å². The van der Waals surface area contributed by atoms with Crippen LogP contribution in [0.4, 0.5) is 0 Å². The fourth-order valence-corrected chi connectivity index (χ4v) is 3.19. The molecule has 0 bridgehead atoms. The molecular formula is C8H10BrNS. The molecule has 0 amide bonds. The molecule has 1 saturated carbocycles. The highest BCUT2D eigenvalue weighted by Crippen LogP contribution is 2.46. The maximum Gasteiger partial charge on any atom is 0.0347 e. The van der Waals surface area contributed by atoms with E-state index in [1.165, 1.54) is 21.3 Å². The molecule has 2 atom stereocenters. The minimum atomic E-state index is 0.421. The van der Waals surface area contributed by atoms with Gasteiger partial charge < -0.3 is 5.73 Å². The Kier molecular flexibility index (Phi) is 1.82. The van der Waals surface area contributed by atoms with Gasteiger partial charge in [0.05, 0.1) is 0 Å². The van der Waals surface area contributed by atoms with Crippen molar-refractivity contribution in [3.05, 3.63) is 20.3 Å². The highest BCUT2D eigenvalue weighted by atomic mass is 79.9. The van der Waals surface area contributed by atoms with Crippen molar-refractivity contribution in [2.24, 2.45) is 5.73 Å². The molecule has 11 heavy (non-hydrogen) atoms. The normalized spacial score (nSPS) is 29.0. The summed E-state index contributed by atoms with van der Waals surface area (Å²) in [6, 6.07) is 0.421. The minimum Gasteiger partial charge on any atom is -0.327 e. The van der Waals surface area contributed by atoms with E-state index >= 15 is 0 Å². The first kappa shape index (κ1) is 7.77. The standard InChI is InChI=1S/C8H10BrNS/c1-4-3-11-8(7(4)9)5-2-6(5)10/h3,5-6H,2,10H2,1H3. The first-order valence-electron chi connectivity index (χ1n) is 3.69. The van der Waals surface area contributed by atoms with Crippen molar-refractivity contribution >= 4 is 27.3 Å². The highest BCUT2D eigenvalue weighted by Gasteiger charge is 2.37. The lowest BCUT2D eigenvalue weighted by molar-refractivity contribution is 1.00. The van der Waals surface area contributed by atoms with Crippen LogP contribution in [-0.4, -0.2) is 6.04 Å². The lowest BCUT2D eigenvalue weighted by Gasteiger charge is -1.93. The third-order valence-electron chi connectivity index (χ3n) is 2.10. The predicted octanol–water partition coefficient (Wildman–Crippen LogP) is 2.63. The van der Waals surface area contributed by atoms with E-state index < -0.39 is 0 Å². The largest absolute Gasteiger partial charge is 0.327 e. The molecule has 3 heteroatoms. The van der Waals surface area contributed by atoms with Gasteiger partial charge in [0.15, 0.2) is 0 Å². The third-order valence-corrected chi connectivity index (χ3v) is 4.65. The maximum absolute atomic E-state index is 5.76. The number of nitrogens with two attached hydrogens (primary N) is 1. The Labute approximate surface area is 78.7 Å². The average Bonchev–Trinajstić information content (AvgIpc) is 2.58. The zero-order chi connectivity index (χ0) is 8.01. The predicted molar refractivity (Wildman–Crippen MR) is 52.1 cm³/mol. The van der Waals surface area contributed by atoms with Gasteiger partial charge in [-0.2, -0.15) is 0 Å². The molecule has 1 aliphatic carbocycles. The first-order valence-corrected chi connectivity index (χ1v) is 5.36. The maximum atomic E-state index is 5.76. The smallest absolute Gasteiger partial charge is 0.0347 e. The van der Waals surface area contributed by atoms with Gasteiger partial charge in [-0.25, -0.2) is 0 Å². The second kappa shape index (κ2) is 2.57. The summed E-state index contributed by atoms with van der Waals surface area (Å²) in [6.07, 6.45) is 1.17. The summed E-state index contributed by atoms with van der Waals surface area (Å²) in [7, 11) is 0. The number of thiophene rings is 1. The molecule has 0 aromatic carbocycles. The zero-order valence-corrected chi connectivity index (χ0v) is 8.71. The van der Waals surface area contributed by atoms with E-state index in [4.69, 9.17) is 5.73 Å².